The molecule has 0 spiro atoms. The molecule has 0 saturated carbocycles. The largest absolute Gasteiger partial charge is 0.495 e. The zero-order chi connectivity index (χ0) is 20.1. The molecule has 0 radical (unpaired) electrons. The van der Waals surface area contributed by atoms with Gasteiger partial charge in [-0.05, 0) is 57.9 Å². The van der Waals surface area contributed by atoms with Crippen molar-refractivity contribution in [3.05, 3.63) is 56.4 Å². The standard InChI is InChI=1S/C19H15BrClN3O3S/c1-26-16-5-3-12(21)10-14(16)23-19-24-18(25)17(28-19)9-11-2-4-15(13(20)8-11)27-7-6-22/h2-5,8-10,19,23H,7H2,1H3,(H,24,25)/b17-9-. The maximum Gasteiger partial charge on any atom is 0.260 e. The van der Waals surface area contributed by atoms with Gasteiger partial charge in [0.15, 0.2) is 12.1 Å². The summed E-state index contributed by atoms with van der Waals surface area (Å²) in [5.74, 6) is 1.03. The van der Waals surface area contributed by atoms with Crippen LogP contribution in [0.2, 0.25) is 5.02 Å². The molecule has 0 bridgehead atoms. The summed E-state index contributed by atoms with van der Waals surface area (Å²) in [6.45, 7) is -0.0302. The average Bonchev–Trinajstić information content (AvgIpc) is 3.00. The van der Waals surface area contributed by atoms with Crippen LogP contribution in [0.4, 0.5) is 5.69 Å². The highest BCUT2D eigenvalue weighted by atomic mass is 79.9. The number of rotatable bonds is 6. The molecule has 9 heteroatoms. The first-order valence-electron chi connectivity index (χ1n) is 8.09. The number of carbonyl (C=O) groups is 1. The van der Waals surface area contributed by atoms with Crippen molar-refractivity contribution in [1.29, 1.82) is 5.26 Å². The fraction of sp³-hybridized carbons (Fsp3) is 0.158. The Morgan fingerprint density at radius 3 is 2.86 bits per heavy atom. The number of ether oxygens (including phenoxy) is 2. The number of nitrogens with one attached hydrogen (secondary N) is 2. The van der Waals surface area contributed by atoms with E-state index in [4.69, 9.17) is 26.3 Å². The molecule has 1 unspecified atom stereocenters. The van der Waals surface area contributed by atoms with Crippen molar-refractivity contribution in [3.63, 3.8) is 0 Å². The first-order valence-corrected chi connectivity index (χ1v) is 10.1. The third-order valence-corrected chi connectivity index (χ3v) is 5.61. The Morgan fingerprint density at radius 2 is 2.14 bits per heavy atom. The second-order valence-corrected chi connectivity index (χ2v) is 8.04. The molecule has 144 valence electrons. The van der Waals surface area contributed by atoms with Crippen molar-refractivity contribution in [2.24, 2.45) is 0 Å². The van der Waals surface area contributed by atoms with E-state index in [1.807, 2.05) is 18.2 Å². The average molecular weight is 481 g/mol. The molecule has 2 aromatic rings. The molecule has 0 aliphatic carbocycles. The number of nitriles is 1. The number of thioether (sulfide) groups is 1. The minimum Gasteiger partial charge on any atom is -0.495 e. The van der Waals surface area contributed by atoms with E-state index in [0.717, 1.165) is 5.56 Å². The second-order valence-electron chi connectivity index (χ2n) is 5.61. The number of benzene rings is 2. The summed E-state index contributed by atoms with van der Waals surface area (Å²) in [7, 11) is 1.57. The van der Waals surface area contributed by atoms with Gasteiger partial charge in [0.2, 0.25) is 0 Å². The van der Waals surface area contributed by atoms with Crippen molar-refractivity contribution in [3.8, 4) is 17.6 Å². The maximum atomic E-state index is 12.3. The minimum atomic E-state index is -0.354. The highest BCUT2D eigenvalue weighted by Crippen LogP contribution is 2.35. The Labute approximate surface area is 180 Å². The van der Waals surface area contributed by atoms with Crippen molar-refractivity contribution < 1.29 is 14.3 Å². The van der Waals surface area contributed by atoms with Crippen LogP contribution in [0.15, 0.2) is 45.8 Å². The van der Waals surface area contributed by atoms with E-state index in [-0.39, 0.29) is 18.0 Å². The van der Waals surface area contributed by atoms with E-state index in [2.05, 4.69) is 26.6 Å². The predicted molar refractivity (Wildman–Crippen MR) is 114 cm³/mol. The van der Waals surface area contributed by atoms with Gasteiger partial charge in [-0.1, -0.05) is 29.4 Å². The Bertz CT molecular complexity index is 977. The molecule has 0 aromatic heterocycles. The topological polar surface area (TPSA) is 83.4 Å². The molecule has 6 nitrogen and oxygen atoms in total. The molecule has 1 heterocycles. The van der Waals surface area contributed by atoms with Crippen molar-refractivity contribution in [2.45, 2.75) is 5.50 Å². The van der Waals surface area contributed by atoms with Crippen LogP contribution in [0, 0.1) is 11.3 Å². The van der Waals surface area contributed by atoms with Crippen molar-refractivity contribution in [1.82, 2.24) is 5.32 Å². The van der Waals surface area contributed by atoms with Crippen LogP contribution < -0.4 is 20.1 Å². The molecule has 1 saturated heterocycles. The highest BCUT2D eigenvalue weighted by molar-refractivity contribution is 9.10. The Morgan fingerprint density at radius 1 is 1.36 bits per heavy atom. The van der Waals surface area contributed by atoms with Gasteiger partial charge in [0.25, 0.3) is 5.91 Å². The van der Waals surface area contributed by atoms with Crippen LogP contribution in [-0.4, -0.2) is 25.1 Å². The molecule has 1 amide bonds. The Hall–Kier alpha value is -2.34. The van der Waals surface area contributed by atoms with Gasteiger partial charge in [-0.25, -0.2) is 0 Å². The molecule has 2 N–H and O–H groups in total. The molecule has 2 aromatic carbocycles. The summed E-state index contributed by atoms with van der Waals surface area (Å²) in [6, 6.07) is 12.6. The predicted octanol–water partition coefficient (Wildman–Crippen LogP) is 4.61. The quantitative estimate of drug-likeness (QED) is 0.587. The van der Waals surface area contributed by atoms with Gasteiger partial charge in [-0.2, -0.15) is 5.26 Å². The maximum absolute atomic E-state index is 12.3. The monoisotopic (exact) mass is 479 g/mol. The lowest BCUT2D eigenvalue weighted by Gasteiger charge is -2.15. The molecule has 28 heavy (non-hydrogen) atoms. The van der Waals surface area contributed by atoms with E-state index in [1.165, 1.54) is 11.8 Å². The van der Waals surface area contributed by atoms with E-state index in [1.54, 1.807) is 37.5 Å². The summed E-state index contributed by atoms with van der Waals surface area (Å²) in [6.07, 6.45) is 1.79. The second kappa shape index (κ2) is 9.24. The lowest BCUT2D eigenvalue weighted by molar-refractivity contribution is -0.116. The van der Waals surface area contributed by atoms with E-state index in [9.17, 15) is 4.79 Å². The highest BCUT2D eigenvalue weighted by Gasteiger charge is 2.27. The zero-order valence-corrected chi connectivity index (χ0v) is 17.8. The first-order chi connectivity index (χ1) is 13.5. The van der Waals surface area contributed by atoms with Crippen molar-refractivity contribution in [2.75, 3.05) is 19.0 Å². The van der Waals surface area contributed by atoms with Gasteiger partial charge in [0.1, 0.15) is 17.6 Å². The molecule has 1 aliphatic rings. The van der Waals surface area contributed by atoms with Crippen LogP contribution in [0.1, 0.15) is 5.56 Å². The first kappa shape index (κ1) is 20.4. The van der Waals surface area contributed by atoms with Crippen LogP contribution >= 0.6 is 39.3 Å². The summed E-state index contributed by atoms with van der Waals surface area (Å²) < 4.78 is 11.3. The van der Waals surface area contributed by atoms with Crippen LogP contribution in [-0.2, 0) is 4.79 Å². The lowest BCUT2D eigenvalue weighted by atomic mass is 10.2. The summed E-state index contributed by atoms with van der Waals surface area (Å²) in [4.78, 5) is 12.9. The van der Waals surface area contributed by atoms with Gasteiger partial charge >= 0.3 is 0 Å². The third kappa shape index (κ3) is 4.93. The van der Waals surface area contributed by atoms with Gasteiger partial charge in [-0.15, -0.1) is 0 Å². The van der Waals surface area contributed by atoms with Gasteiger partial charge < -0.3 is 20.1 Å². The van der Waals surface area contributed by atoms with Crippen LogP contribution in [0.3, 0.4) is 0 Å². The summed E-state index contributed by atoms with van der Waals surface area (Å²) >= 11 is 10.8. The number of halogens is 2. The van der Waals surface area contributed by atoms with E-state index >= 15 is 0 Å². The number of amides is 1. The number of nitrogens with zero attached hydrogens (tertiary/aromatic N) is 1. The smallest absolute Gasteiger partial charge is 0.260 e. The van der Waals surface area contributed by atoms with E-state index < -0.39 is 0 Å². The third-order valence-electron chi connectivity index (χ3n) is 3.72. The molecule has 1 aliphatic heterocycles. The van der Waals surface area contributed by atoms with Gasteiger partial charge in [0, 0.05) is 5.02 Å². The Kier molecular flexibility index (Phi) is 6.73. The molecule has 1 fully saturated rings. The zero-order valence-electron chi connectivity index (χ0n) is 14.7. The molecule has 1 atom stereocenters. The fourth-order valence-electron chi connectivity index (χ4n) is 2.48. The molecule has 3 rings (SSSR count). The number of methoxy groups -OCH3 is 1. The van der Waals surface area contributed by atoms with Crippen molar-refractivity contribution >= 4 is 57.0 Å². The SMILES string of the molecule is COc1ccc(Cl)cc1NC1NC(=O)/C(=C/c2ccc(OCC#N)c(Br)c2)S1. The Balaban J connectivity index is 1.73. The summed E-state index contributed by atoms with van der Waals surface area (Å²) in [5, 5.41) is 15.3. The number of hydrogen-bond acceptors (Lipinski definition) is 6. The van der Waals surface area contributed by atoms with Gasteiger partial charge in [0.05, 0.1) is 22.2 Å². The van der Waals surface area contributed by atoms with E-state index in [0.29, 0.717) is 31.6 Å². The lowest BCUT2D eigenvalue weighted by Crippen LogP contribution is -2.31. The molecular weight excluding hydrogens is 466 g/mol. The van der Waals surface area contributed by atoms with Crippen LogP contribution in [0.5, 0.6) is 11.5 Å². The number of carbonyl (C=O) groups excluding carboxylic acids is 1. The summed E-state index contributed by atoms with van der Waals surface area (Å²) in [5.41, 5.74) is 1.17. The normalized spacial score (nSPS) is 17.1. The number of anilines is 1. The van der Waals surface area contributed by atoms with Crippen LogP contribution in [0.25, 0.3) is 6.08 Å². The number of hydrogen-bond donors (Lipinski definition) is 2. The minimum absolute atomic E-state index is 0.0302. The fourth-order valence-corrected chi connectivity index (χ4v) is 4.14. The van der Waals surface area contributed by atoms with Gasteiger partial charge in [-0.3, -0.25) is 4.79 Å². The molecular formula is C19H15BrClN3O3S.